The number of aryl methyl sites for hydroxylation is 4. The van der Waals surface area contributed by atoms with Crippen LogP contribution in [0.3, 0.4) is 0 Å². The average molecular weight is 627 g/mol. The maximum atomic E-state index is 13.0. The van der Waals surface area contributed by atoms with Crippen LogP contribution in [0.5, 0.6) is 0 Å². The van der Waals surface area contributed by atoms with Gasteiger partial charge in [0, 0.05) is 59.5 Å². The first-order valence-corrected chi connectivity index (χ1v) is 13.1. The van der Waals surface area contributed by atoms with Crippen molar-refractivity contribution in [3.63, 3.8) is 0 Å². The van der Waals surface area contributed by atoms with Gasteiger partial charge in [0.05, 0.1) is 29.3 Å². The fourth-order valence-electron chi connectivity index (χ4n) is 4.45. The van der Waals surface area contributed by atoms with Gasteiger partial charge in [-0.25, -0.2) is 0 Å². The van der Waals surface area contributed by atoms with Gasteiger partial charge in [-0.1, -0.05) is 0 Å². The van der Waals surface area contributed by atoms with Crippen LogP contribution < -0.4 is 55.9 Å². The summed E-state index contributed by atoms with van der Waals surface area (Å²) in [7, 11) is 6.73. The minimum absolute atomic E-state index is 0. The molecule has 11 N–H and O–H groups in total. The Balaban J connectivity index is 0.00000529. The molecule has 0 bridgehead atoms. The summed E-state index contributed by atoms with van der Waals surface area (Å²) in [5.41, 5.74) is 19.4. The first-order chi connectivity index (χ1) is 20.3. The SMILES string of the molecule is Cn1cc(NC(=O)c2cc(NC(=O)c3cc(NC(=O)c4cc(N)cn4C)cn3C)cn2C)cc1C(=O)NCC[NH+]=C(N)N.[Cl-]. The van der Waals surface area contributed by atoms with E-state index in [0.29, 0.717) is 47.2 Å². The molecule has 0 aromatic carbocycles. The molecule has 0 radical (unpaired) electrons. The second-order valence-electron chi connectivity index (χ2n) is 9.94. The predicted molar refractivity (Wildman–Crippen MR) is 161 cm³/mol. The molecule has 0 saturated carbocycles. The zero-order chi connectivity index (χ0) is 31.4. The van der Waals surface area contributed by atoms with Crippen LogP contribution in [0.4, 0.5) is 22.7 Å². The molecule has 4 aromatic rings. The summed E-state index contributed by atoms with van der Waals surface area (Å²) in [6, 6.07) is 6.18. The number of rotatable bonds is 10. The number of aromatic nitrogens is 4. The molecule has 0 fully saturated rings. The summed E-state index contributed by atoms with van der Waals surface area (Å²) in [5.74, 6) is -1.52. The topological polar surface area (TPSA) is 228 Å². The van der Waals surface area contributed by atoms with Crippen LogP contribution >= 0.6 is 0 Å². The minimum Gasteiger partial charge on any atom is -1.00 e. The summed E-state index contributed by atoms with van der Waals surface area (Å²) in [6.45, 7) is 0.656. The lowest BCUT2D eigenvalue weighted by Gasteiger charge is -2.03. The maximum absolute atomic E-state index is 13.0. The molecule has 4 rings (SSSR count). The Kier molecular flexibility index (Phi) is 10.1. The van der Waals surface area contributed by atoms with Crippen molar-refractivity contribution < 1.29 is 36.6 Å². The first kappa shape index (κ1) is 32.9. The average Bonchev–Trinajstić information content (AvgIpc) is 3.67. The zero-order valence-electron chi connectivity index (χ0n) is 24.6. The number of nitrogen functional groups attached to an aromatic ring is 1. The summed E-state index contributed by atoms with van der Waals surface area (Å²) >= 11 is 0. The van der Waals surface area contributed by atoms with Crippen molar-refractivity contribution in [3.05, 3.63) is 71.8 Å². The van der Waals surface area contributed by atoms with Crippen LogP contribution in [-0.4, -0.2) is 60.9 Å². The van der Waals surface area contributed by atoms with Gasteiger partial charge in [0.1, 0.15) is 22.8 Å². The van der Waals surface area contributed by atoms with E-state index in [1.54, 1.807) is 89.4 Å². The van der Waals surface area contributed by atoms with Crippen molar-refractivity contribution in [2.24, 2.45) is 39.7 Å². The van der Waals surface area contributed by atoms with Crippen LogP contribution in [0.25, 0.3) is 0 Å². The highest BCUT2D eigenvalue weighted by Crippen LogP contribution is 2.20. The van der Waals surface area contributed by atoms with Crippen molar-refractivity contribution in [2.75, 3.05) is 34.8 Å². The number of hydrogen-bond donors (Lipinski definition) is 8. The molecule has 0 aliphatic rings. The lowest BCUT2D eigenvalue weighted by atomic mass is 10.3. The number of nitrogens with one attached hydrogen (secondary N) is 5. The number of guanidine groups is 1. The van der Waals surface area contributed by atoms with Crippen molar-refractivity contribution in [3.8, 4) is 0 Å². The molecule has 16 nitrogen and oxygen atoms in total. The van der Waals surface area contributed by atoms with Crippen LogP contribution in [0.15, 0.2) is 49.1 Å². The molecule has 17 heteroatoms. The Morgan fingerprint density at radius 2 is 1.00 bits per heavy atom. The number of halogens is 1. The highest BCUT2D eigenvalue weighted by atomic mass is 35.5. The lowest BCUT2D eigenvalue weighted by Crippen LogP contribution is -3.00. The molecule has 4 heterocycles. The Hall–Kier alpha value is -5.64. The monoisotopic (exact) mass is 626 g/mol. The van der Waals surface area contributed by atoms with Gasteiger partial charge in [-0.05, 0) is 24.3 Å². The van der Waals surface area contributed by atoms with Crippen LogP contribution in [-0.2, 0) is 28.2 Å². The number of hydrogen-bond acceptors (Lipinski definition) is 5. The van der Waals surface area contributed by atoms with Crippen molar-refractivity contribution in [1.29, 1.82) is 0 Å². The van der Waals surface area contributed by atoms with Crippen LogP contribution in [0.1, 0.15) is 42.0 Å². The Morgan fingerprint density at radius 1 is 0.636 bits per heavy atom. The maximum Gasteiger partial charge on any atom is 0.338 e. The molecule has 0 aliphatic carbocycles. The minimum atomic E-state index is -0.441. The number of nitrogens with zero attached hydrogens (tertiary/aromatic N) is 4. The van der Waals surface area contributed by atoms with Crippen LogP contribution in [0.2, 0.25) is 0 Å². The highest BCUT2D eigenvalue weighted by Gasteiger charge is 2.19. The van der Waals surface area contributed by atoms with Crippen LogP contribution in [0, 0.1) is 0 Å². The third kappa shape index (κ3) is 7.60. The van der Waals surface area contributed by atoms with Crippen molar-refractivity contribution in [1.82, 2.24) is 23.6 Å². The third-order valence-corrected chi connectivity index (χ3v) is 6.48. The van der Waals surface area contributed by atoms with Crippen molar-refractivity contribution in [2.45, 2.75) is 0 Å². The molecule has 4 amide bonds. The molecule has 0 atom stereocenters. The molecular weight excluding hydrogens is 592 g/mol. The highest BCUT2D eigenvalue weighted by molar-refractivity contribution is 6.08. The molecule has 0 spiro atoms. The summed E-state index contributed by atoms with van der Waals surface area (Å²) in [5, 5.41) is 11.0. The largest absolute Gasteiger partial charge is 1.00 e. The molecule has 44 heavy (non-hydrogen) atoms. The summed E-state index contributed by atoms with van der Waals surface area (Å²) in [4.78, 5) is 53.9. The number of anilines is 4. The van der Waals surface area contributed by atoms with E-state index in [0.717, 1.165) is 0 Å². The smallest absolute Gasteiger partial charge is 0.338 e. The first-order valence-electron chi connectivity index (χ1n) is 13.1. The molecule has 0 aliphatic heterocycles. The number of carbonyl (C=O) groups excluding carboxylic acids is 4. The third-order valence-electron chi connectivity index (χ3n) is 6.48. The van der Waals surface area contributed by atoms with E-state index in [1.165, 1.54) is 6.07 Å². The lowest BCUT2D eigenvalue weighted by molar-refractivity contribution is -0.456. The normalized spacial score (nSPS) is 10.5. The van der Waals surface area contributed by atoms with Gasteiger partial charge in [0.2, 0.25) is 0 Å². The van der Waals surface area contributed by atoms with Crippen molar-refractivity contribution >= 4 is 52.3 Å². The summed E-state index contributed by atoms with van der Waals surface area (Å²) < 4.78 is 6.34. The molecule has 0 unspecified atom stereocenters. The van der Waals surface area contributed by atoms with Gasteiger partial charge in [0.25, 0.3) is 23.6 Å². The van der Waals surface area contributed by atoms with Gasteiger partial charge < -0.3 is 57.7 Å². The Labute approximate surface area is 258 Å². The standard InChI is InChI=1S/C27H34N12O4.ClH/c1-36-11-15(28)7-19(36)24(41)33-17-9-21(38(3)13-17)26(43)35-18-10-22(39(4)14-18)25(42)34-16-8-20(37(2)12-16)23(40)31-5-6-32-27(29)30;/h7-14H,5-6,28H2,1-4H3,(H,31,40)(H,33,41)(H,34,42)(H,35,43)(H4,29,30,32);1H. The fourth-order valence-corrected chi connectivity index (χ4v) is 4.45. The zero-order valence-corrected chi connectivity index (χ0v) is 25.3. The van der Waals surface area contributed by atoms with E-state index >= 15 is 0 Å². The second-order valence-corrected chi connectivity index (χ2v) is 9.94. The van der Waals surface area contributed by atoms with Gasteiger partial charge in [0.15, 0.2) is 0 Å². The van der Waals surface area contributed by atoms with Gasteiger partial charge >= 0.3 is 5.96 Å². The number of nitrogens with two attached hydrogens (primary N) is 3. The second kappa shape index (κ2) is 13.6. The Bertz CT molecular complexity index is 1740. The van der Waals surface area contributed by atoms with Gasteiger partial charge in [-0.3, -0.25) is 35.6 Å². The van der Waals surface area contributed by atoms with E-state index in [9.17, 15) is 19.2 Å². The molecule has 234 valence electrons. The van der Waals surface area contributed by atoms with Gasteiger partial charge in [-0.2, -0.15) is 0 Å². The number of amides is 4. The predicted octanol–water partition coefficient (Wildman–Crippen LogP) is -4.53. The van der Waals surface area contributed by atoms with Gasteiger partial charge in [-0.15, -0.1) is 0 Å². The summed E-state index contributed by atoms with van der Waals surface area (Å²) in [6.07, 6.45) is 6.45. The van der Waals surface area contributed by atoms with E-state index < -0.39 is 11.8 Å². The van der Waals surface area contributed by atoms with E-state index in [2.05, 4.69) is 26.3 Å². The fraction of sp³-hybridized carbons (Fsp3) is 0.222. The van der Waals surface area contributed by atoms with E-state index in [1.807, 2.05) is 0 Å². The molecule has 4 aromatic heterocycles. The van der Waals surface area contributed by atoms with E-state index in [4.69, 9.17) is 17.2 Å². The quantitative estimate of drug-likeness (QED) is 0.0488. The molecular formula is C27H35ClN12O4. The number of carbonyl (C=O) groups is 4. The molecule has 0 saturated heterocycles. The van der Waals surface area contributed by atoms with E-state index in [-0.39, 0.29) is 41.6 Å². The Morgan fingerprint density at radius 3 is 1.36 bits per heavy atom.